The highest BCUT2D eigenvalue weighted by Crippen LogP contribution is 2.25. The van der Waals surface area contributed by atoms with Crippen LogP contribution in [0.4, 0.5) is 16.2 Å². The molecule has 24 heavy (non-hydrogen) atoms. The molecule has 0 saturated carbocycles. The fourth-order valence-electron chi connectivity index (χ4n) is 3.13. The van der Waals surface area contributed by atoms with E-state index >= 15 is 0 Å². The Morgan fingerprint density at radius 1 is 0.750 bits per heavy atom. The molecule has 0 saturated heterocycles. The molecule has 2 N–H and O–H groups in total. The molecule has 3 heteroatoms. The Kier molecular flexibility index (Phi) is 4.26. The molecule has 0 radical (unpaired) electrons. The summed E-state index contributed by atoms with van der Waals surface area (Å²) in [4.78, 5) is 12.4. The molecule has 0 aliphatic rings. The Balaban J connectivity index is 1.84. The molecule has 0 spiro atoms. The summed E-state index contributed by atoms with van der Waals surface area (Å²) in [5.74, 6) is 0. The highest BCUT2D eigenvalue weighted by molar-refractivity contribution is 6.02. The minimum Gasteiger partial charge on any atom is -0.307 e. The summed E-state index contributed by atoms with van der Waals surface area (Å²) in [6, 6.07) is 16.2. The van der Waals surface area contributed by atoms with Crippen molar-refractivity contribution in [3.8, 4) is 0 Å². The summed E-state index contributed by atoms with van der Waals surface area (Å²) in [5.41, 5.74) is 6.07. The molecule has 3 rings (SSSR count). The monoisotopic (exact) mass is 318 g/mol. The second-order valence-corrected chi connectivity index (χ2v) is 6.37. The van der Waals surface area contributed by atoms with Gasteiger partial charge in [-0.3, -0.25) is 0 Å². The van der Waals surface area contributed by atoms with E-state index in [1.54, 1.807) is 0 Å². The summed E-state index contributed by atoms with van der Waals surface area (Å²) in [6.45, 7) is 8.08. The van der Waals surface area contributed by atoms with Crippen LogP contribution in [0.1, 0.15) is 22.3 Å². The normalized spacial score (nSPS) is 10.7. The minimum absolute atomic E-state index is 0.219. The fourth-order valence-corrected chi connectivity index (χ4v) is 3.13. The molecule has 0 aliphatic carbocycles. The highest BCUT2D eigenvalue weighted by atomic mass is 16.2. The third-order valence-electron chi connectivity index (χ3n) is 4.26. The molecule has 0 heterocycles. The molecule has 122 valence electrons. The lowest BCUT2D eigenvalue weighted by atomic mass is 10.1. The smallest absolute Gasteiger partial charge is 0.307 e. The lowest BCUT2D eigenvalue weighted by Crippen LogP contribution is -2.21. The SMILES string of the molecule is Cc1cc(C)c(NC(=O)Nc2cc3ccccc3cc2C)c(C)c1. The first-order chi connectivity index (χ1) is 11.4. The Bertz CT molecular complexity index is 905. The van der Waals surface area contributed by atoms with Crippen LogP contribution in [0, 0.1) is 27.7 Å². The summed E-state index contributed by atoms with van der Waals surface area (Å²) < 4.78 is 0. The Morgan fingerprint density at radius 3 is 1.96 bits per heavy atom. The van der Waals surface area contributed by atoms with Crippen LogP contribution in [-0.2, 0) is 0 Å². The number of rotatable bonds is 2. The van der Waals surface area contributed by atoms with Crippen molar-refractivity contribution in [2.24, 2.45) is 0 Å². The molecule has 3 nitrogen and oxygen atoms in total. The lowest BCUT2D eigenvalue weighted by molar-refractivity contribution is 0.262. The standard InChI is InChI=1S/C21H22N2O/c1-13-9-15(3)20(16(4)10-13)23-21(24)22-19-12-18-8-6-5-7-17(18)11-14(19)2/h5-12H,1-4H3,(H2,22,23,24). The second-order valence-electron chi connectivity index (χ2n) is 6.37. The van der Waals surface area contributed by atoms with Gasteiger partial charge in [0.2, 0.25) is 0 Å². The van der Waals surface area contributed by atoms with E-state index in [1.807, 2.05) is 45.0 Å². The van der Waals surface area contributed by atoms with Gasteiger partial charge in [-0.25, -0.2) is 4.79 Å². The van der Waals surface area contributed by atoms with E-state index in [0.717, 1.165) is 33.5 Å². The van der Waals surface area contributed by atoms with Crippen LogP contribution >= 0.6 is 0 Å². The number of carbonyl (C=O) groups excluding carboxylic acids is 1. The van der Waals surface area contributed by atoms with Crippen molar-refractivity contribution in [2.45, 2.75) is 27.7 Å². The summed E-state index contributed by atoms with van der Waals surface area (Å²) >= 11 is 0. The van der Waals surface area contributed by atoms with Crippen LogP contribution in [0.5, 0.6) is 0 Å². The maximum atomic E-state index is 12.4. The number of hydrogen-bond donors (Lipinski definition) is 2. The van der Waals surface area contributed by atoms with Gasteiger partial charge >= 0.3 is 6.03 Å². The van der Waals surface area contributed by atoms with E-state index in [0.29, 0.717) is 0 Å². The second kappa shape index (κ2) is 6.36. The van der Waals surface area contributed by atoms with E-state index < -0.39 is 0 Å². The number of amides is 2. The van der Waals surface area contributed by atoms with Gasteiger partial charge in [0.05, 0.1) is 0 Å². The van der Waals surface area contributed by atoms with Crippen molar-refractivity contribution in [2.75, 3.05) is 10.6 Å². The quantitative estimate of drug-likeness (QED) is 0.623. The number of aryl methyl sites for hydroxylation is 4. The largest absolute Gasteiger partial charge is 0.323 e. The van der Waals surface area contributed by atoms with Gasteiger partial charge in [0, 0.05) is 11.4 Å². The van der Waals surface area contributed by atoms with E-state index in [-0.39, 0.29) is 6.03 Å². The molecule has 0 fully saturated rings. The van der Waals surface area contributed by atoms with Crippen molar-refractivity contribution in [3.63, 3.8) is 0 Å². The van der Waals surface area contributed by atoms with Crippen molar-refractivity contribution in [1.29, 1.82) is 0 Å². The van der Waals surface area contributed by atoms with Gasteiger partial charge in [-0.15, -0.1) is 0 Å². The summed E-state index contributed by atoms with van der Waals surface area (Å²) in [7, 11) is 0. The van der Waals surface area contributed by atoms with E-state index in [9.17, 15) is 4.79 Å². The molecule has 0 atom stereocenters. The van der Waals surface area contributed by atoms with Crippen LogP contribution in [0.15, 0.2) is 48.5 Å². The van der Waals surface area contributed by atoms with Crippen LogP contribution in [0.2, 0.25) is 0 Å². The van der Waals surface area contributed by atoms with Gasteiger partial charge in [-0.2, -0.15) is 0 Å². The van der Waals surface area contributed by atoms with Crippen LogP contribution in [0.3, 0.4) is 0 Å². The molecule has 0 aliphatic heterocycles. The van der Waals surface area contributed by atoms with Gasteiger partial charge < -0.3 is 10.6 Å². The van der Waals surface area contributed by atoms with Gasteiger partial charge in [-0.1, -0.05) is 42.0 Å². The first kappa shape index (κ1) is 16.1. The topological polar surface area (TPSA) is 41.1 Å². The lowest BCUT2D eigenvalue weighted by Gasteiger charge is -2.15. The molecular formula is C21H22N2O. The van der Waals surface area contributed by atoms with Crippen molar-refractivity contribution in [3.05, 3.63) is 70.8 Å². The van der Waals surface area contributed by atoms with Crippen LogP contribution in [-0.4, -0.2) is 6.03 Å². The van der Waals surface area contributed by atoms with Gasteiger partial charge in [0.1, 0.15) is 0 Å². The first-order valence-electron chi connectivity index (χ1n) is 8.09. The Labute approximate surface area is 142 Å². The Hall–Kier alpha value is -2.81. The average Bonchev–Trinajstić information content (AvgIpc) is 2.51. The van der Waals surface area contributed by atoms with Crippen molar-refractivity contribution < 1.29 is 4.79 Å². The molecule has 0 bridgehead atoms. The molecule has 0 unspecified atom stereocenters. The number of fused-ring (bicyclic) bond motifs is 1. The maximum Gasteiger partial charge on any atom is 0.323 e. The third-order valence-corrected chi connectivity index (χ3v) is 4.26. The zero-order valence-electron chi connectivity index (χ0n) is 14.5. The zero-order valence-corrected chi connectivity index (χ0v) is 14.5. The summed E-state index contributed by atoms with van der Waals surface area (Å²) in [5, 5.41) is 8.23. The van der Waals surface area contributed by atoms with Crippen LogP contribution < -0.4 is 10.6 Å². The van der Waals surface area contributed by atoms with Crippen molar-refractivity contribution in [1.82, 2.24) is 0 Å². The highest BCUT2D eigenvalue weighted by Gasteiger charge is 2.10. The zero-order chi connectivity index (χ0) is 17.3. The number of nitrogens with one attached hydrogen (secondary N) is 2. The first-order valence-corrected chi connectivity index (χ1v) is 8.09. The Morgan fingerprint density at radius 2 is 1.33 bits per heavy atom. The number of anilines is 2. The van der Waals surface area contributed by atoms with Gasteiger partial charge in [0.15, 0.2) is 0 Å². The molecule has 0 aromatic heterocycles. The minimum atomic E-state index is -0.219. The number of urea groups is 1. The third kappa shape index (κ3) is 3.25. The van der Waals surface area contributed by atoms with E-state index in [1.165, 1.54) is 10.9 Å². The molecule has 3 aromatic rings. The number of benzene rings is 3. The average molecular weight is 318 g/mol. The van der Waals surface area contributed by atoms with Crippen molar-refractivity contribution >= 4 is 28.2 Å². The number of hydrogen-bond acceptors (Lipinski definition) is 1. The van der Waals surface area contributed by atoms with Gasteiger partial charge in [0.25, 0.3) is 0 Å². The maximum absolute atomic E-state index is 12.4. The number of carbonyl (C=O) groups is 1. The predicted octanol–water partition coefficient (Wildman–Crippen LogP) is 5.72. The fraction of sp³-hybridized carbons (Fsp3) is 0.190. The van der Waals surface area contributed by atoms with Crippen LogP contribution in [0.25, 0.3) is 10.8 Å². The summed E-state index contributed by atoms with van der Waals surface area (Å²) in [6.07, 6.45) is 0. The predicted molar refractivity (Wildman–Crippen MR) is 102 cm³/mol. The molecular weight excluding hydrogens is 296 g/mol. The van der Waals surface area contributed by atoms with Gasteiger partial charge in [-0.05, 0) is 67.3 Å². The van der Waals surface area contributed by atoms with E-state index in [4.69, 9.17) is 0 Å². The molecule has 3 aromatic carbocycles. The molecule has 2 amide bonds. The van der Waals surface area contributed by atoms with E-state index in [2.05, 4.69) is 41.8 Å².